The highest BCUT2D eigenvalue weighted by Gasteiger charge is 2.06. The van der Waals surface area contributed by atoms with Crippen molar-refractivity contribution in [1.29, 1.82) is 0 Å². The van der Waals surface area contributed by atoms with E-state index in [4.69, 9.17) is 10.5 Å². The molecule has 0 radical (unpaired) electrons. The van der Waals surface area contributed by atoms with Gasteiger partial charge in [-0.05, 0) is 30.7 Å². The topological polar surface area (TPSA) is 64.3 Å². The van der Waals surface area contributed by atoms with Gasteiger partial charge in [0.05, 0.1) is 5.56 Å². The minimum atomic E-state index is -0.330. The number of hydrogen-bond donors (Lipinski definition) is 2. The second-order valence-corrected chi connectivity index (χ2v) is 4.36. The van der Waals surface area contributed by atoms with Crippen molar-refractivity contribution in [3.63, 3.8) is 0 Å². The molecule has 0 fully saturated rings. The van der Waals surface area contributed by atoms with Crippen LogP contribution in [0.1, 0.15) is 24.2 Å². The summed E-state index contributed by atoms with van der Waals surface area (Å²) in [6, 6.07) is 6.79. The average Bonchev–Trinajstić information content (AvgIpc) is 2.28. The van der Waals surface area contributed by atoms with Crippen LogP contribution >= 0.6 is 0 Å². The molecule has 0 aliphatic rings. The Balaban J connectivity index is 2.26. The number of rotatable bonds is 6. The van der Waals surface area contributed by atoms with Gasteiger partial charge in [-0.2, -0.15) is 0 Å². The number of nitrogen functional groups attached to an aromatic ring is 1. The summed E-state index contributed by atoms with van der Waals surface area (Å²) in [4.78, 5) is 11.6. The number of ether oxygens (including phenoxy) is 1. The molecule has 0 amide bonds. The first kappa shape index (κ1) is 13.5. The third kappa shape index (κ3) is 5.36. The maximum Gasteiger partial charge on any atom is 0.338 e. The summed E-state index contributed by atoms with van der Waals surface area (Å²) in [5.74, 6) is 0.267. The molecule has 0 bridgehead atoms. The summed E-state index contributed by atoms with van der Waals surface area (Å²) in [5, 5.41) is 3.20. The zero-order valence-electron chi connectivity index (χ0n) is 10.4. The Hall–Kier alpha value is -1.55. The van der Waals surface area contributed by atoms with Crippen molar-refractivity contribution in [2.75, 3.05) is 25.4 Å². The maximum atomic E-state index is 11.6. The van der Waals surface area contributed by atoms with Crippen LogP contribution in [0, 0.1) is 5.92 Å². The molecular weight excluding hydrogens is 216 g/mol. The van der Waals surface area contributed by atoms with Crippen molar-refractivity contribution in [2.45, 2.75) is 13.8 Å². The lowest BCUT2D eigenvalue weighted by molar-refractivity contribution is 0.0508. The molecule has 0 aliphatic heterocycles. The monoisotopic (exact) mass is 236 g/mol. The number of carbonyl (C=O) groups excluding carboxylic acids is 1. The first-order chi connectivity index (χ1) is 8.09. The molecule has 1 rings (SSSR count). The molecule has 0 atom stereocenters. The third-order valence-electron chi connectivity index (χ3n) is 2.19. The van der Waals surface area contributed by atoms with Gasteiger partial charge in [0, 0.05) is 12.2 Å². The third-order valence-corrected chi connectivity index (χ3v) is 2.19. The van der Waals surface area contributed by atoms with Crippen LogP contribution in [0.2, 0.25) is 0 Å². The van der Waals surface area contributed by atoms with E-state index in [-0.39, 0.29) is 5.97 Å². The standard InChI is InChI=1S/C13H20N2O2/c1-10(2)9-15-6-7-17-13(16)11-4-3-5-12(14)8-11/h3-5,8,10,15H,6-7,9,14H2,1-2H3. The van der Waals surface area contributed by atoms with E-state index >= 15 is 0 Å². The zero-order valence-corrected chi connectivity index (χ0v) is 10.4. The van der Waals surface area contributed by atoms with E-state index in [1.54, 1.807) is 24.3 Å². The lowest BCUT2D eigenvalue weighted by Crippen LogP contribution is -2.25. The van der Waals surface area contributed by atoms with Crippen LogP contribution in [-0.2, 0) is 4.74 Å². The second-order valence-electron chi connectivity index (χ2n) is 4.36. The first-order valence-electron chi connectivity index (χ1n) is 5.83. The van der Waals surface area contributed by atoms with Gasteiger partial charge in [0.1, 0.15) is 6.61 Å². The molecule has 17 heavy (non-hydrogen) atoms. The molecule has 0 saturated heterocycles. The SMILES string of the molecule is CC(C)CNCCOC(=O)c1cccc(N)c1. The van der Waals surface area contributed by atoms with E-state index < -0.39 is 0 Å². The molecule has 4 nitrogen and oxygen atoms in total. The van der Waals surface area contributed by atoms with Gasteiger partial charge in [-0.3, -0.25) is 0 Å². The predicted octanol–water partition coefficient (Wildman–Crippen LogP) is 1.67. The number of esters is 1. The van der Waals surface area contributed by atoms with Gasteiger partial charge in [-0.25, -0.2) is 4.79 Å². The Labute approximate surface area is 102 Å². The van der Waals surface area contributed by atoms with Crippen LogP contribution in [0.5, 0.6) is 0 Å². The molecule has 0 unspecified atom stereocenters. The van der Waals surface area contributed by atoms with Crippen molar-refractivity contribution >= 4 is 11.7 Å². The van der Waals surface area contributed by atoms with Crippen LogP contribution < -0.4 is 11.1 Å². The number of anilines is 1. The number of carbonyl (C=O) groups is 1. The highest BCUT2D eigenvalue weighted by molar-refractivity contribution is 5.90. The summed E-state index contributed by atoms with van der Waals surface area (Å²) in [6.45, 7) is 6.24. The Kier molecular flexibility index (Phi) is 5.49. The summed E-state index contributed by atoms with van der Waals surface area (Å²) in [7, 11) is 0. The predicted molar refractivity (Wildman–Crippen MR) is 68.8 cm³/mol. The number of benzene rings is 1. The number of nitrogens with two attached hydrogens (primary N) is 1. The van der Waals surface area contributed by atoms with Gasteiger partial charge in [0.15, 0.2) is 0 Å². The summed E-state index contributed by atoms with van der Waals surface area (Å²) < 4.78 is 5.11. The van der Waals surface area contributed by atoms with Crippen LogP contribution in [-0.4, -0.2) is 25.7 Å². The second kappa shape index (κ2) is 6.91. The van der Waals surface area contributed by atoms with Crippen molar-refractivity contribution < 1.29 is 9.53 Å². The highest BCUT2D eigenvalue weighted by Crippen LogP contribution is 2.07. The van der Waals surface area contributed by atoms with Gasteiger partial charge in [-0.15, -0.1) is 0 Å². The van der Waals surface area contributed by atoms with Crippen molar-refractivity contribution in [3.05, 3.63) is 29.8 Å². The molecule has 0 aromatic heterocycles. The fourth-order valence-electron chi connectivity index (χ4n) is 1.36. The minimum Gasteiger partial charge on any atom is -0.461 e. The molecule has 0 aliphatic carbocycles. The normalized spacial score (nSPS) is 10.5. The van der Waals surface area contributed by atoms with E-state index in [1.165, 1.54) is 0 Å². The lowest BCUT2D eigenvalue weighted by Gasteiger charge is -2.08. The molecule has 4 heteroatoms. The molecule has 0 heterocycles. The van der Waals surface area contributed by atoms with Crippen LogP contribution in [0.25, 0.3) is 0 Å². The quantitative estimate of drug-likeness (QED) is 0.448. The largest absolute Gasteiger partial charge is 0.461 e. The Morgan fingerprint density at radius 3 is 2.88 bits per heavy atom. The van der Waals surface area contributed by atoms with E-state index in [2.05, 4.69) is 19.2 Å². The molecule has 0 spiro atoms. The van der Waals surface area contributed by atoms with Gasteiger partial charge < -0.3 is 15.8 Å². The molecule has 3 N–H and O–H groups in total. The highest BCUT2D eigenvalue weighted by atomic mass is 16.5. The van der Waals surface area contributed by atoms with Crippen molar-refractivity contribution in [1.82, 2.24) is 5.32 Å². The number of hydrogen-bond acceptors (Lipinski definition) is 4. The zero-order chi connectivity index (χ0) is 12.7. The maximum absolute atomic E-state index is 11.6. The number of nitrogens with one attached hydrogen (secondary N) is 1. The van der Waals surface area contributed by atoms with Gasteiger partial charge in [-0.1, -0.05) is 19.9 Å². The Bertz CT molecular complexity index is 364. The molecule has 1 aromatic carbocycles. The van der Waals surface area contributed by atoms with Gasteiger partial charge in [0.2, 0.25) is 0 Å². The van der Waals surface area contributed by atoms with E-state index in [1.807, 2.05) is 0 Å². The van der Waals surface area contributed by atoms with Crippen LogP contribution in [0.4, 0.5) is 5.69 Å². The van der Waals surface area contributed by atoms with Gasteiger partial charge in [0.25, 0.3) is 0 Å². The average molecular weight is 236 g/mol. The fourth-order valence-corrected chi connectivity index (χ4v) is 1.36. The smallest absolute Gasteiger partial charge is 0.338 e. The van der Waals surface area contributed by atoms with E-state index in [9.17, 15) is 4.79 Å². The molecular formula is C13H20N2O2. The van der Waals surface area contributed by atoms with Crippen LogP contribution in [0.15, 0.2) is 24.3 Å². The summed E-state index contributed by atoms with van der Waals surface area (Å²) in [6.07, 6.45) is 0. The van der Waals surface area contributed by atoms with Crippen LogP contribution in [0.3, 0.4) is 0 Å². The molecule has 94 valence electrons. The van der Waals surface area contributed by atoms with E-state index in [0.717, 1.165) is 6.54 Å². The summed E-state index contributed by atoms with van der Waals surface area (Å²) in [5.41, 5.74) is 6.65. The van der Waals surface area contributed by atoms with E-state index in [0.29, 0.717) is 30.3 Å². The molecule has 0 saturated carbocycles. The van der Waals surface area contributed by atoms with Crippen molar-refractivity contribution in [2.24, 2.45) is 5.92 Å². The fraction of sp³-hybridized carbons (Fsp3) is 0.462. The Morgan fingerprint density at radius 1 is 1.47 bits per heavy atom. The lowest BCUT2D eigenvalue weighted by atomic mass is 10.2. The molecule has 1 aromatic rings. The minimum absolute atomic E-state index is 0.330. The van der Waals surface area contributed by atoms with Crippen molar-refractivity contribution in [3.8, 4) is 0 Å². The summed E-state index contributed by atoms with van der Waals surface area (Å²) >= 11 is 0. The van der Waals surface area contributed by atoms with Gasteiger partial charge >= 0.3 is 5.97 Å². The Morgan fingerprint density at radius 2 is 2.24 bits per heavy atom. The first-order valence-corrected chi connectivity index (χ1v) is 5.83.